The van der Waals surface area contributed by atoms with Crippen molar-refractivity contribution in [3.8, 4) is 0 Å². The van der Waals surface area contributed by atoms with Crippen LogP contribution in [0.2, 0.25) is 0 Å². The van der Waals surface area contributed by atoms with Crippen LogP contribution in [0.3, 0.4) is 0 Å². The van der Waals surface area contributed by atoms with Crippen molar-refractivity contribution in [3.63, 3.8) is 0 Å². The fourth-order valence-corrected chi connectivity index (χ4v) is 4.40. The third kappa shape index (κ3) is 2.68. The molecule has 3 aromatic rings. The minimum atomic E-state index is -1.50. The fourth-order valence-electron chi connectivity index (χ4n) is 3.93. The number of hydrogen-bond donors (Lipinski definition) is 1. The van der Waals surface area contributed by atoms with Gasteiger partial charge in [-0.25, -0.2) is 0 Å². The Morgan fingerprint density at radius 2 is 1.59 bits per heavy atom. The molecule has 1 aliphatic rings. The van der Waals surface area contributed by atoms with Gasteiger partial charge in [0.25, 0.3) is 0 Å². The van der Waals surface area contributed by atoms with Crippen molar-refractivity contribution in [1.29, 1.82) is 0 Å². The summed E-state index contributed by atoms with van der Waals surface area (Å²) in [5.41, 5.74) is 0.774. The first-order valence-electron chi connectivity index (χ1n) is 9.01. The lowest BCUT2D eigenvalue weighted by atomic mass is 9.68. The highest BCUT2D eigenvalue weighted by molar-refractivity contribution is 6.32. The zero-order valence-electron chi connectivity index (χ0n) is 15.0. The van der Waals surface area contributed by atoms with Gasteiger partial charge in [-0.05, 0) is 17.2 Å². The Labute approximate surface area is 163 Å². The second-order valence-corrected chi connectivity index (χ2v) is 7.04. The van der Waals surface area contributed by atoms with Crippen LogP contribution in [0.15, 0.2) is 89.9 Å². The summed E-state index contributed by atoms with van der Waals surface area (Å²) in [6.45, 7) is 2.26. The van der Waals surface area contributed by atoms with E-state index in [2.05, 4.69) is 5.10 Å². The van der Waals surface area contributed by atoms with Crippen molar-refractivity contribution in [2.75, 3.05) is 0 Å². The number of nitrogens with zero attached hydrogens (tertiary/aromatic N) is 2. The maximum absolute atomic E-state index is 11.7. The van der Waals surface area contributed by atoms with Crippen molar-refractivity contribution in [2.24, 2.45) is 0 Å². The Balaban J connectivity index is 1.98. The molecule has 1 atom stereocenters. The van der Waals surface area contributed by atoms with Crippen LogP contribution in [-0.2, 0) is 16.7 Å². The van der Waals surface area contributed by atoms with Gasteiger partial charge in [0.1, 0.15) is 11.2 Å². The second kappa shape index (κ2) is 6.87. The summed E-state index contributed by atoms with van der Waals surface area (Å²) in [6, 6.07) is 21.5. The molecule has 0 amide bonds. The van der Waals surface area contributed by atoms with Crippen molar-refractivity contribution < 1.29 is 9.84 Å². The molecule has 27 heavy (non-hydrogen) atoms. The average Bonchev–Trinajstić information content (AvgIpc) is 3.29. The molecular formula is C22H21ClN2O2. The van der Waals surface area contributed by atoms with Crippen LogP contribution >= 0.6 is 11.6 Å². The largest absolute Gasteiger partial charge is 0.462 e. The van der Waals surface area contributed by atoms with E-state index in [0.29, 0.717) is 23.8 Å². The number of ether oxygens (including phenoxy) is 1. The molecule has 0 radical (unpaired) electrons. The second-order valence-electron chi connectivity index (χ2n) is 6.66. The monoisotopic (exact) mass is 380 g/mol. The van der Waals surface area contributed by atoms with Crippen LogP contribution in [-0.4, -0.2) is 20.7 Å². The topological polar surface area (TPSA) is 47.3 Å². The number of allylic oxidation sites excluding steroid dienone is 1. The number of rotatable bonds is 5. The van der Waals surface area contributed by atoms with Gasteiger partial charge in [-0.3, -0.25) is 4.68 Å². The molecule has 1 unspecified atom stereocenters. The Bertz CT molecular complexity index is 899. The summed E-state index contributed by atoms with van der Waals surface area (Å²) < 4.78 is 7.89. The molecular weight excluding hydrogens is 360 g/mol. The standard InChI is InChI=1S/C22H21ClN2O2/c1-2-21(26)22(17-10-5-3-6-11-17,18-12-7-4-8-13-18)20(23)19(27-21)16-25-15-9-14-24-25/h3-15,26H,2,16H2,1H3. The summed E-state index contributed by atoms with van der Waals surface area (Å²) in [5.74, 6) is -0.979. The molecule has 4 rings (SSSR count). The van der Waals surface area contributed by atoms with Crippen molar-refractivity contribution in [2.45, 2.75) is 31.1 Å². The van der Waals surface area contributed by atoms with E-state index in [-0.39, 0.29) is 0 Å². The van der Waals surface area contributed by atoms with Crippen molar-refractivity contribution >= 4 is 11.6 Å². The number of aliphatic hydroxyl groups is 1. The van der Waals surface area contributed by atoms with Gasteiger partial charge in [-0.2, -0.15) is 5.10 Å². The number of aromatic nitrogens is 2. The maximum Gasteiger partial charge on any atom is 0.226 e. The highest BCUT2D eigenvalue weighted by Crippen LogP contribution is 2.57. The molecule has 0 bridgehead atoms. The van der Waals surface area contributed by atoms with Crippen LogP contribution in [0.25, 0.3) is 0 Å². The van der Waals surface area contributed by atoms with E-state index in [1.807, 2.05) is 79.9 Å². The van der Waals surface area contributed by atoms with E-state index in [0.717, 1.165) is 11.1 Å². The zero-order chi connectivity index (χ0) is 18.9. The van der Waals surface area contributed by atoms with E-state index in [9.17, 15) is 5.11 Å². The van der Waals surface area contributed by atoms with Crippen LogP contribution in [0.1, 0.15) is 24.5 Å². The first-order chi connectivity index (χ1) is 13.1. The molecule has 2 heterocycles. The summed E-state index contributed by atoms with van der Waals surface area (Å²) in [7, 11) is 0. The third-order valence-electron chi connectivity index (χ3n) is 5.21. The van der Waals surface area contributed by atoms with E-state index >= 15 is 0 Å². The normalized spacial score (nSPS) is 21.3. The summed E-state index contributed by atoms with van der Waals surface area (Å²) in [5, 5.41) is 16.4. The minimum absolute atomic E-state index is 0.357. The molecule has 1 aliphatic heterocycles. The molecule has 0 saturated heterocycles. The van der Waals surface area contributed by atoms with E-state index in [4.69, 9.17) is 16.3 Å². The van der Waals surface area contributed by atoms with Crippen LogP contribution < -0.4 is 0 Å². The molecule has 1 aromatic heterocycles. The van der Waals surface area contributed by atoms with E-state index in [1.165, 1.54) is 0 Å². The third-order valence-corrected chi connectivity index (χ3v) is 5.70. The van der Waals surface area contributed by atoms with Gasteiger partial charge in [0.2, 0.25) is 5.79 Å². The molecule has 138 valence electrons. The number of hydrogen-bond acceptors (Lipinski definition) is 3. The molecule has 0 fully saturated rings. The van der Waals surface area contributed by atoms with Gasteiger partial charge in [-0.15, -0.1) is 0 Å². The molecule has 0 aliphatic carbocycles. The number of halogens is 1. The highest BCUT2D eigenvalue weighted by atomic mass is 35.5. The quantitative estimate of drug-likeness (QED) is 0.711. The molecule has 5 heteroatoms. The molecule has 1 N–H and O–H groups in total. The summed E-state index contributed by atoms with van der Waals surface area (Å²) in [6.07, 6.45) is 3.92. The van der Waals surface area contributed by atoms with Gasteiger partial charge in [-0.1, -0.05) is 79.2 Å². The Hall–Kier alpha value is -2.56. The number of benzene rings is 2. The van der Waals surface area contributed by atoms with Gasteiger partial charge in [0.15, 0.2) is 0 Å². The predicted octanol–water partition coefficient (Wildman–Crippen LogP) is 4.45. The lowest BCUT2D eigenvalue weighted by Gasteiger charge is -2.41. The smallest absolute Gasteiger partial charge is 0.226 e. The molecule has 0 spiro atoms. The molecule has 2 aromatic carbocycles. The van der Waals surface area contributed by atoms with Crippen LogP contribution in [0.4, 0.5) is 0 Å². The SMILES string of the molecule is CCC1(O)OC(Cn2cccn2)=C(Cl)C1(c1ccccc1)c1ccccc1. The maximum atomic E-state index is 11.7. The predicted molar refractivity (Wildman–Crippen MR) is 105 cm³/mol. The van der Waals surface area contributed by atoms with Gasteiger partial charge < -0.3 is 9.84 Å². The lowest BCUT2D eigenvalue weighted by molar-refractivity contribution is -0.192. The minimum Gasteiger partial charge on any atom is -0.462 e. The van der Waals surface area contributed by atoms with E-state index in [1.54, 1.807) is 10.9 Å². The summed E-state index contributed by atoms with van der Waals surface area (Å²) >= 11 is 7.00. The zero-order valence-corrected chi connectivity index (χ0v) is 15.8. The molecule has 0 saturated carbocycles. The Kier molecular flexibility index (Phi) is 4.54. The van der Waals surface area contributed by atoms with Crippen LogP contribution in [0, 0.1) is 0 Å². The average molecular weight is 381 g/mol. The highest BCUT2D eigenvalue weighted by Gasteiger charge is 2.61. The first-order valence-corrected chi connectivity index (χ1v) is 9.38. The van der Waals surface area contributed by atoms with Crippen molar-refractivity contribution in [1.82, 2.24) is 9.78 Å². The van der Waals surface area contributed by atoms with Crippen molar-refractivity contribution in [3.05, 3.63) is 101 Å². The Morgan fingerprint density at radius 1 is 1.00 bits per heavy atom. The van der Waals surface area contributed by atoms with Crippen LogP contribution in [0.5, 0.6) is 0 Å². The van der Waals surface area contributed by atoms with Gasteiger partial charge in [0.05, 0.1) is 11.6 Å². The summed E-state index contributed by atoms with van der Waals surface area (Å²) in [4.78, 5) is 0. The van der Waals surface area contributed by atoms with Gasteiger partial charge >= 0.3 is 0 Å². The van der Waals surface area contributed by atoms with E-state index < -0.39 is 11.2 Å². The fraction of sp³-hybridized carbons (Fsp3) is 0.227. The Morgan fingerprint density at radius 3 is 2.07 bits per heavy atom. The lowest BCUT2D eigenvalue weighted by Crippen LogP contribution is -2.50. The first kappa shape index (κ1) is 17.8. The molecule has 4 nitrogen and oxygen atoms in total. The van der Waals surface area contributed by atoms with Gasteiger partial charge in [0, 0.05) is 18.8 Å².